The number of tetrazole rings is 1. The van der Waals surface area contributed by atoms with Crippen LogP contribution in [0.15, 0.2) is 58.5 Å². The van der Waals surface area contributed by atoms with Crippen molar-refractivity contribution in [3.63, 3.8) is 0 Å². The van der Waals surface area contributed by atoms with Gasteiger partial charge in [-0.25, -0.2) is 4.68 Å². The molecule has 4 rings (SSSR count). The van der Waals surface area contributed by atoms with E-state index in [1.54, 1.807) is 16.3 Å². The lowest BCUT2D eigenvalue weighted by molar-refractivity contribution is -0.115. The molecule has 0 aliphatic heterocycles. The molecule has 1 unspecified atom stereocenters. The summed E-state index contributed by atoms with van der Waals surface area (Å²) in [5.41, 5.74) is 4.36. The minimum absolute atomic E-state index is 0.172. The first-order valence-electron chi connectivity index (χ1n) is 10.5. The average molecular weight is 464 g/mol. The Kier molecular flexibility index (Phi) is 6.19. The van der Waals surface area contributed by atoms with Gasteiger partial charge in [0.2, 0.25) is 11.1 Å². The molecule has 2 aromatic heterocycles. The number of nitrogens with one attached hydrogen (secondary N) is 1. The van der Waals surface area contributed by atoms with E-state index in [9.17, 15) is 9.59 Å². The van der Waals surface area contributed by atoms with Crippen LogP contribution in [0.2, 0.25) is 0 Å². The molecule has 1 amide bonds. The van der Waals surface area contributed by atoms with E-state index < -0.39 is 5.25 Å². The van der Waals surface area contributed by atoms with E-state index in [4.69, 9.17) is 0 Å². The molecule has 170 valence electrons. The summed E-state index contributed by atoms with van der Waals surface area (Å²) in [6.45, 7) is 7.54. The Morgan fingerprint density at radius 3 is 2.55 bits per heavy atom. The number of hydrogen-bond acceptors (Lipinski definition) is 6. The Morgan fingerprint density at radius 1 is 1.09 bits per heavy atom. The number of rotatable bonds is 6. The number of amides is 1. The molecule has 0 saturated heterocycles. The number of thioether (sulfide) groups is 1. The van der Waals surface area contributed by atoms with Gasteiger partial charge in [-0.2, -0.15) is 4.68 Å². The molecule has 9 nitrogen and oxygen atoms in total. The first-order valence-corrected chi connectivity index (χ1v) is 11.3. The molecule has 0 radical (unpaired) electrons. The first-order chi connectivity index (χ1) is 15.8. The predicted octanol–water partition coefficient (Wildman–Crippen LogP) is 3.20. The van der Waals surface area contributed by atoms with E-state index in [0.29, 0.717) is 16.5 Å². The highest BCUT2D eigenvalue weighted by Gasteiger charge is 2.25. The number of anilines is 1. The topological polar surface area (TPSA) is 99.6 Å². The number of aromatic nitrogens is 6. The van der Waals surface area contributed by atoms with Gasteiger partial charge in [-0.3, -0.25) is 14.3 Å². The Labute approximate surface area is 195 Å². The van der Waals surface area contributed by atoms with Gasteiger partial charge in [0, 0.05) is 12.7 Å². The van der Waals surface area contributed by atoms with Crippen molar-refractivity contribution in [2.75, 3.05) is 5.32 Å². The number of para-hydroxylation sites is 1. The Morgan fingerprint density at radius 2 is 1.82 bits per heavy atom. The van der Waals surface area contributed by atoms with Crippen LogP contribution >= 0.6 is 11.8 Å². The van der Waals surface area contributed by atoms with Crippen molar-refractivity contribution in [1.29, 1.82) is 0 Å². The summed E-state index contributed by atoms with van der Waals surface area (Å²) in [5, 5.41) is 14.7. The minimum atomic E-state index is -0.491. The maximum atomic E-state index is 13.3. The van der Waals surface area contributed by atoms with E-state index in [0.717, 1.165) is 22.5 Å². The second-order valence-corrected chi connectivity index (χ2v) is 9.16. The third-order valence-corrected chi connectivity index (χ3v) is 6.51. The van der Waals surface area contributed by atoms with E-state index in [1.807, 2.05) is 76.3 Å². The van der Waals surface area contributed by atoms with Crippen molar-refractivity contribution in [3.8, 4) is 11.4 Å². The quantitative estimate of drug-likeness (QED) is 0.441. The Hall–Kier alpha value is -3.66. The van der Waals surface area contributed by atoms with Crippen molar-refractivity contribution in [3.05, 3.63) is 75.7 Å². The van der Waals surface area contributed by atoms with Gasteiger partial charge in [-0.05, 0) is 67.4 Å². The molecule has 4 aromatic rings. The van der Waals surface area contributed by atoms with E-state index in [2.05, 4.69) is 20.8 Å². The highest BCUT2D eigenvalue weighted by Crippen LogP contribution is 2.25. The SMILES string of the molecule is Cc1ccc(C)c(NC(=O)C(C)Sc2nnnn2-c2c(C)n(C)n(-c3ccccc3)c2=O)c1. The maximum Gasteiger partial charge on any atom is 0.297 e. The average Bonchev–Trinajstić information content (AvgIpc) is 3.32. The maximum absolute atomic E-state index is 13.3. The molecule has 2 aromatic carbocycles. The van der Waals surface area contributed by atoms with Crippen LogP contribution in [-0.2, 0) is 11.8 Å². The van der Waals surface area contributed by atoms with E-state index in [-0.39, 0.29) is 11.5 Å². The standard InChI is InChI=1S/C23H25N7O2S/c1-14-11-12-15(2)19(13-14)24-21(31)17(4)33-23-25-26-27-29(23)20-16(3)28(5)30(22(20)32)18-9-7-6-8-10-18/h6-13,17H,1-5H3,(H,24,31). The molecule has 0 spiro atoms. The second kappa shape index (κ2) is 9.07. The molecular weight excluding hydrogens is 438 g/mol. The number of carbonyl (C=O) groups is 1. The summed E-state index contributed by atoms with van der Waals surface area (Å²) in [6, 6.07) is 15.3. The molecule has 2 heterocycles. The van der Waals surface area contributed by atoms with Crippen molar-refractivity contribution in [2.45, 2.75) is 38.1 Å². The van der Waals surface area contributed by atoms with Gasteiger partial charge < -0.3 is 5.32 Å². The summed E-state index contributed by atoms with van der Waals surface area (Å²) in [5.74, 6) is -0.172. The zero-order chi connectivity index (χ0) is 23.7. The van der Waals surface area contributed by atoms with Gasteiger partial charge in [0.05, 0.1) is 16.6 Å². The number of benzene rings is 2. The third-order valence-electron chi connectivity index (χ3n) is 5.48. The predicted molar refractivity (Wildman–Crippen MR) is 128 cm³/mol. The highest BCUT2D eigenvalue weighted by atomic mass is 32.2. The smallest absolute Gasteiger partial charge is 0.297 e. The molecule has 0 fully saturated rings. The zero-order valence-corrected chi connectivity index (χ0v) is 19.9. The third kappa shape index (κ3) is 4.34. The fourth-order valence-corrected chi connectivity index (χ4v) is 4.30. The number of carbonyl (C=O) groups excluding carboxylic acids is 1. The number of nitrogens with zero attached hydrogens (tertiary/aromatic N) is 6. The lowest BCUT2D eigenvalue weighted by atomic mass is 10.1. The van der Waals surface area contributed by atoms with Crippen molar-refractivity contribution < 1.29 is 4.79 Å². The zero-order valence-electron chi connectivity index (χ0n) is 19.1. The highest BCUT2D eigenvalue weighted by molar-refractivity contribution is 8.00. The van der Waals surface area contributed by atoms with Gasteiger partial charge >= 0.3 is 0 Å². The van der Waals surface area contributed by atoms with Crippen molar-refractivity contribution in [1.82, 2.24) is 29.6 Å². The van der Waals surface area contributed by atoms with Gasteiger partial charge in [0.15, 0.2) is 5.69 Å². The monoisotopic (exact) mass is 463 g/mol. The normalized spacial score (nSPS) is 12.0. The van der Waals surface area contributed by atoms with Crippen LogP contribution < -0.4 is 10.9 Å². The van der Waals surface area contributed by atoms with Gasteiger partial charge in [0.1, 0.15) is 0 Å². The van der Waals surface area contributed by atoms with E-state index >= 15 is 0 Å². The summed E-state index contributed by atoms with van der Waals surface area (Å²) >= 11 is 1.19. The van der Waals surface area contributed by atoms with Crippen LogP contribution in [0.1, 0.15) is 23.7 Å². The summed E-state index contributed by atoms with van der Waals surface area (Å²) in [4.78, 5) is 26.2. The van der Waals surface area contributed by atoms with Crippen LogP contribution in [0.25, 0.3) is 11.4 Å². The molecular formula is C23H25N7O2S. The minimum Gasteiger partial charge on any atom is -0.325 e. The summed E-state index contributed by atoms with van der Waals surface area (Å²) in [7, 11) is 1.81. The molecule has 10 heteroatoms. The van der Waals surface area contributed by atoms with Crippen LogP contribution in [0.4, 0.5) is 5.69 Å². The van der Waals surface area contributed by atoms with Crippen LogP contribution in [0, 0.1) is 20.8 Å². The largest absolute Gasteiger partial charge is 0.325 e. The molecule has 33 heavy (non-hydrogen) atoms. The van der Waals surface area contributed by atoms with E-state index in [1.165, 1.54) is 16.4 Å². The molecule has 0 aliphatic rings. The fourth-order valence-electron chi connectivity index (χ4n) is 3.51. The van der Waals surface area contributed by atoms with Gasteiger partial charge in [-0.1, -0.05) is 42.1 Å². The van der Waals surface area contributed by atoms with Crippen LogP contribution in [0.5, 0.6) is 0 Å². The van der Waals surface area contributed by atoms with Gasteiger partial charge in [-0.15, -0.1) is 5.10 Å². The first kappa shape index (κ1) is 22.5. The molecule has 0 bridgehead atoms. The lowest BCUT2D eigenvalue weighted by Crippen LogP contribution is -2.24. The number of hydrogen-bond donors (Lipinski definition) is 1. The molecule has 1 atom stereocenters. The Bertz CT molecular complexity index is 1370. The Balaban J connectivity index is 1.62. The fraction of sp³-hybridized carbons (Fsp3) is 0.261. The molecule has 0 saturated carbocycles. The van der Waals surface area contributed by atoms with Crippen molar-refractivity contribution >= 4 is 23.4 Å². The lowest BCUT2D eigenvalue weighted by Gasteiger charge is -2.13. The van der Waals surface area contributed by atoms with Crippen LogP contribution in [0.3, 0.4) is 0 Å². The van der Waals surface area contributed by atoms with Crippen LogP contribution in [-0.4, -0.2) is 40.7 Å². The van der Waals surface area contributed by atoms with Crippen molar-refractivity contribution in [2.24, 2.45) is 7.05 Å². The van der Waals surface area contributed by atoms with Gasteiger partial charge in [0.25, 0.3) is 5.56 Å². The number of aryl methyl sites for hydroxylation is 2. The molecule has 1 N–H and O–H groups in total. The summed E-state index contributed by atoms with van der Waals surface area (Å²) < 4.78 is 4.74. The summed E-state index contributed by atoms with van der Waals surface area (Å²) in [6.07, 6.45) is 0. The molecule has 0 aliphatic carbocycles. The second-order valence-electron chi connectivity index (χ2n) is 7.85.